The van der Waals surface area contributed by atoms with E-state index in [9.17, 15) is 39.6 Å². The average Bonchev–Trinajstić information content (AvgIpc) is 1.52. The monoisotopic (exact) mass is 2010 g/mol. The van der Waals surface area contributed by atoms with Gasteiger partial charge in [-0.15, -0.1) is 0 Å². The number of likely N-dealkylation sites (N-methyl/N-ethyl adjacent to an activating group) is 1. The standard InChI is InChI=1S/C40H36Cl2N6O7.C22H21N3O3.C20H25N3O3.C16H18N2O.C15H16N2O/c1-15(2)27(43)36(51)45-23-14-17-11-12-24(49)21(13-17)40-20-9-5-8-19(30(20)54-39(40)52)18-7-6-10-22-25(18)26(33(41)44-22)31-34(42)48-38(53-31)29-32(40)55-37(47-29)28(16(3)4)46-35(23)50;1-25(2)18(12-14-8-4-3-5-9-14)22-24-21(27)20(28-22)19(26)16-13-23-17-11-7-6-10-15(16)17;1-5-12(2)10-16(23(3)4)19-22-17(20(24)25)18(26-19)14-11-21-15-9-7-6-8-13(14)15;1-2-3-4-9-16-18-11-15(19-16)13-10-17-14-8-6-5-7-12(13)14;1-10(2)7-15-17-9-14(18-15)12-8-16-13-6-4-3-5-11(12)13/h5-13,15-16,23,27-28,39,44,49,52H,14,43H2,1-4H3,(H,45,51)(H,46,50);3-11,13,18,23,27H,12H2,1-2H3;6-9,11-12,16,21H,5,10H2,1-4H3,(H,24,25);5-8,10-11,17H,2-4,9H2,1H3;3-6,8-10,16H,7H2,1-2H3/t23-,27?,28-,39?,40-;18-;12-,16-;;/m000../s1. The van der Waals surface area contributed by atoms with Crippen LogP contribution in [0.5, 0.6) is 17.4 Å². The summed E-state index contributed by atoms with van der Waals surface area (Å²) in [7, 11) is 7.75. The molecule has 2 amide bonds. The highest BCUT2D eigenvalue weighted by atomic mass is 35.5. The number of nitrogens with zero attached hydrogens (tertiary/aromatic N) is 8. The third kappa shape index (κ3) is 20.1. The molecular weight excluding hydrogens is 1890 g/mol. The van der Waals surface area contributed by atoms with Crippen molar-refractivity contribution in [1.82, 2.24) is 75.3 Å². The molecule has 10 bridgehead atoms. The number of hydrogen-bond donors (Lipinski definition) is 12. The van der Waals surface area contributed by atoms with Gasteiger partial charge in [-0.2, -0.15) is 9.97 Å². The van der Waals surface area contributed by atoms with E-state index in [1.165, 1.54) is 29.7 Å². The van der Waals surface area contributed by atoms with Crippen LogP contribution in [0.1, 0.15) is 197 Å². The van der Waals surface area contributed by atoms with Crippen molar-refractivity contribution in [1.29, 1.82) is 0 Å². The molecule has 0 fully saturated rings. The number of aliphatic hydroxyl groups is 1. The molecule has 13 N–H and O–H groups in total. The molecule has 1 spiro atoms. The molecule has 0 saturated heterocycles. The van der Waals surface area contributed by atoms with Gasteiger partial charge >= 0.3 is 5.97 Å². The van der Waals surface area contributed by atoms with E-state index < -0.39 is 53.4 Å². The number of aromatic carboxylic acids is 1. The number of benzene rings is 8. The van der Waals surface area contributed by atoms with E-state index in [0.717, 1.165) is 110 Å². The highest BCUT2D eigenvalue weighted by molar-refractivity contribution is 6.37. The van der Waals surface area contributed by atoms with Crippen LogP contribution >= 0.6 is 23.2 Å². The van der Waals surface area contributed by atoms with Crippen LogP contribution in [0.2, 0.25) is 10.3 Å². The number of nitrogens with one attached hydrogen (secondary N) is 7. The van der Waals surface area contributed by atoms with Gasteiger partial charge < -0.3 is 93.0 Å². The fourth-order valence-corrected chi connectivity index (χ4v) is 19.5. The number of amides is 2. The number of halogens is 2. The number of para-hydroxylation sites is 5. The molecule has 0 saturated carbocycles. The number of aromatic amines is 5. The number of ether oxygens (including phenoxy) is 1. The van der Waals surface area contributed by atoms with E-state index in [4.69, 9.17) is 65.2 Å². The lowest BCUT2D eigenvalue weighted by atomic mass is 9.70. The third-order valence-corrected chi connectivity index (χ3v) is 27.6. The number of aryl methyl sites for hydroxylation is 1. The van der Waals surface area contributed by atoms with E-state index in [0.29, 0.717) is 85.8 Å². The number of H-pyrrole nitrogens is 5. The van der Waals surface area contributed by atoms with Crippen molar-refractivity contribution in [3.63, 3.8) is 0 Å². The molecular formula is C113H116Cl2N16O15. The minimum atomic E-state index is -1.80. The molecule has 14 heterocycles. The first-order chi connectivity index (χ1) is 70.4. The van der Waals surface area contributed by atoms with Crippen LogP contribution < -0.4 is 21.1 Å². The largest absolute Gasteiger partial charge is 0.508 e. The minimum absolute atomic E-state index is 0.0107. The maximum atomic E-state index is 14.2. The SMILES string of the molecule is CC(C)C(N)C(=O)N[C@H]1Cc2ccc(O)c(c2)[C@]23c4cccc(c4OC2O)-c2cccc4[nH]c(Cl)c(c24)-c2oc(nc2Cl)-c2nc(oc23)[C@H](C(C)C)NC1=O.CC(C)Cc1ncc(-c2c[nH]c3ccccc23)o1.CCCCCc1ncc(-c2c[nH]c3ccccc23)o1.CC[C@H](C)C[C@@H](c1nc(C(=O)O)c(-c2c[nH]c3ccccc23)o1)N(C)C.CN(C)[C@@H](Cc1ccccc1)c1nc(O)c(C(=O)c2c[nH]c3ccccc23)o1. The summed E-state index contributed by atoms with van der Waals surface area (Å²) in [6, 6.07) is 54.4. The van der Waals surface area contributed by atoms with Gasteiger partial charge in [-0.3, -0.25) is 24.2 Å². The Bertz CT molecular complexity index is 7930. The highest BCUT2D eigenvalue weighted by Crippen LogP contribution is 2.60. The van der Waals surface area contributed by atoms with Gasteiger partial charge in [-0.05, 0) is 124 Å². The van der Waals surface area contributed by atoms with Crippen molar-refractivity contribution in [3.8, 4) is 85.4 Å². The van der Waals surface area contributed by atoms with Crippen LogP contribution in [0, 0.1) is 23.7 Å². The number of fused-ring (bicyclic) bond motifs is 12. The molecule has 0 radical (unpaired) electrons. The summed E-state index contributed by atoms with van der Waals surface area (Å²) in [5.74, 6) is 2.21. The lowest BCUT2D eigenvalue weighted by Crippen LogP contribution is -2.54. The number of aromatic nitrogens is 11. The number of carbonyl (C=O) groups excluding carboxylic acids is 3. The molecule has 0 aliphatic carbocycles. The van der Waals surface area contributed by atoms with E-state index in [1.807, 2.05) is 224 Å². The van der Waals surface area contributed by atoms with Crippen LogP contribution in [0.15, 0.2) is 246 Å². The zero-order valence-electron chi connectivity index (χ0n) is 83.1. The lowest BCUT2D eigenvalue weighted by Gasteiger charge is -2.32. The molecule has 146 heavy (non-hydrogen) atoms. The molecule has 752 valence electrons. The summed E-state index contributed by atoms with van der Waals surface area (Å²) in [5.41, 5.74) is 16.5. The zero-order valence-corrected chi connectivity index (χ0v) is 84.6. The number of aliphatic hydroxyl groups excluding tert-OH is 1. The number of aromatic hydroxyl groups is 2. The number of phenols is 1. The van der Waals surface area contributed by atoms with Crippen LogP contribution in [-0.4, -0.2) is 155 Å². The number of nitrogens with two attached hydrogens (primary N) is 1. The zero-order chi connectivity index (χ0) is 103. The van der Waals surface area contributed by atoms with Crippen LogP contribution in [0.25, 0.3) is 123 Å². The maximum Gasteiger partial charge on any atom is 0.358 e. The molecule has 11 aromatic heterocycles. The van der Waals surface area contributed by atoms with Gasteiger partial charge in [-0.25, -0.2) is 24.7 Å². The summed E-state index contributed by atoms with van der Waals surface area (Å²) < 4.78 is 43.3. The second-order valence-corrected chi connectivity index (χ2v) is 39.5. The van der Waals surface area contributed by atoms with Crippen molar-refractivity contribution in [3.05, 3.63) is 304 Å². The normalized spacial score (nSPS) is 15.9. The van der Waals surface area contributed by atoms with Crippen LogP contribution in [0.3, 0.4) is 0 Å². The van der Waals surface area contributed by atoms with Crippen molar-refractivity contribution < 1.29 is 70.8 Å². The van der Waals surface area contributed by atoms with E-state index in [2.05, 4.69) is 119 Å². The average molecular weight is 2010 g/mol. The van der Waals surface area contributed by atoms with Crippen molar-refractivity contribution in [2.24, 2.45) is 29.4 Å². The van der Waals surface area contributed by atoms with Crippen molar-refractivity contribution in [2.75, 3.05) is 28.2 Å². The Labute approximate surface area is 851 Å². The first kappa shape index (κ1) is 101. The number of carboxylic acid groups (broad SMARTS) is 1. The highest BCUT2D eigenvalue weighted by Gasteiger charge is 2.59. The summed E-state index contributed by atoms with van der Waals surface area (Å²) in [4.78, 5) is 99.0. The number of hydrogen-bond acceptors (Lipinski definition) is 23. The van der Waals surface area contributed by atoms with Gasteiger partial charge in [-0.1, -0.05) is 250 Å². The molecule has 3 aliphatic rings. The predicted molar refractivity (Wildman–Crippen MR) is 561 cm³/mol. The third-order valence-electron chi connectivity index (χ3n) is 27.1. The Balaban J connectivity index is 0.000000130. The minimum Gasteiger partial charge on any atom is -0.508 e. The molecule has 8 atom stereocenters. The molecule has 8 aromatic carbocycles. The predicted octanol–water partition coefficient (Wildman–Crippen LogP) is 23.4. The molecule has 19 aromatic rings. The van der Waals surface area contributed by atoms with Gasteiger partial charge in [0.05, 0.1) is 41.6 Å². The Hall–Kier alpha value is -15.4. The Morgan fingerprint density at radius 3 is 1.82 bits per heavy atom. The number of phenolic OH excluding ortho intramolecular Hbond substituents is 1. The number of rotatable bonds is 25. The van der Waals surface area contributed by atoms with Gasteiger partial charge in [0, 0.05) is 132 Å². The number of unbranched alkanes of at least 4 members (excludes halogenated alkanes) is 2. The fourth-order valence-electron chi connectivity index (χ4n) is 19.0. The summed E-state index contributed by atoms with van der Waals surface area (Å²) in [6.07, 6.45) is 17.3. The van der Waals surface area contributed by atoms with Gasteiger partial charge in [0.2, 0.25) is 47.3 Å². The molecule has 2 unspecified atom stereocenters. The smallest absolute Gasteiger partial charge is 0.358 e. The van der Waals surface area contributed by atoms with Crippen molar-refractivity contribution in [2.45, 2.75) is 162 Å². The van der Waals surface area contributed by atoms with E-state index in [1.54, 1.807) is 30.6 Å². The molecule has 33 heteroatoms. The second kappa shape index (κ2) is 42.9. The van der Waals surface area contributed by atoms with Gasteiger partial charge in [0.25, 0.3) is 11.8 Å². The molecule has 3 aliphatic heterocycles. The van der Waals surface area contributed by atoms with E-state index >= 15 is 0 Å². The maximum absolute atomic E-state index is 14.2. The quantitative estimate of drug-likeness (QED) is 0.0187. The Morgan fingerprint density at radius 1 is 0.596 bits per heavy atom. The first-order valence-corrected chi connectivity index (χ1v) is 49.8. The van der Waals surface area contributed by atoms with Crippen molar-refractivity contribution >= 4 is 101 Å². The summed E-state index contributed by atoms with van der Waals surface area (Å²) in [5, 5.41) is 55.2. The lowest BCUT2D eigenvalue weighted by molar-refractivity contribution is -0.130. The van der Waals surface area contributed by atoms with Gasteiger partial charge in [0.15, 0.2) is 57.1 Å². The summed E-state index contributed by atoms with van der Waals surface area (Å²) in [6.45, 7) is 18.2. The number of carbonyl (C=O) groups is 4. The van der Waals surface area contributed by atoms with E-state index in [-0.39, 0.29) is 98.3 Å². The topological polar surface area (TPSA) is 450 Å². The fraction of sp³-hybridized carbons (Fsp3) is 0.292. The second-order valence-electron chi connectivity index (χ2n) is 38.7. The van der Waals surface area contributed by atoms with Crippen LogP contribution in [-0.2, 0) is 40.7 Å². The Morgan fingerprint density at radius 2 is 1.18 bits per heavy atom. The summed E-state index contributed by atoms with van der Waals surface area (Å²) >= 11 is 13.8. The number of ketones is 1. The first-order valence-electron chi connectivity index (χ1n) is 49.0. The van der Waals surface area contributed by atoms with Gasteiger partial charge in [0.1, 0.15) is 34.2 Å². The number of carboxylic acids is 1. The molecule has 31 nitrogen and oxygen atoms in total. The molecule has 22 rings (SSSR count). The number of oxazole rings is 6. The van der Waals surface area contributed by atoms with Crippen LogP contribution in [0.4, 0.5) is 0 Å². The Kier molecular flexibility index (Phi) is 29.6.